The molecule has 0 radical (unpaired) electrons. The number of hydrogen-bond acceptors (Lipinski definition) is 3. The van der Waals surface area contributed by atoms with E-state index in [1.807, 2.05) is 23.9 Å². The van der Waals surface area contributed by atoms with Crippen LogP contribution in [-0.4, -0.2) is 18.3 Å². The van der Waals surface area contributed by atoms with Crippen LogP contribution < -0.4 is 0 Å². The van der Waals surface area contributed by atoms with Gasteiger partial charge in [0.15, 0.2) is 0 Å². The second kappa shape index (κ2) is 4.81. The zero-order chi connectivity index (χ0) is 10.1. The molecule has 1 unspecified atom stereocenters. The predicted molar refractivity (Wildman–Crippen MR) is 69.2 cm³/mol. The van der Waals surface area contributed by atoms with Crippen LogP contribution in [0.2, 0.25) is 0 Å². The van der Waals surface area contributed by atoms with Gasteiger partial charge in [0.25, 0.3) is 0 Å². The van der Waals surface area contributed by atoms with Gasteiger partial charge in [0.05, 0.1) is 12.4 Å². The van der Waals surface area contributed by atoms with Crippen molar-refractivity contribution in [1.82, 2.24) is 4.90 Å². The first-order valence-electron chi connectivity index (χ1n) is 4.66. The molecule has 0 fully saturated rings. The van der Waals surface area contributed by atoms with E-state index in [9.17, 15) is 0 Å². The van der Waals surface area contributed by atoms with Crippen LogP contribution in [-0.2, 0) is 0 Å². The summed E-state index contributed by atoms with van der Waals surface area (Å²) >= 11 is 1.83. The van der Waals surface area contributed by atoms with Crippen molar-refractivity contribution in [3.63, 3.8) is 0 Å². The maximum atomic E-state index is 4.10. The Kier molecular flexibility index (Phi) is 3.94. The molecule has 0 aromatic carbocycles. The molecule has 4 heteroatoms. The number of thiophene rings is 1. The summed E-state index contributed by atoms with van der Waals surface area (Å²) in [5.41, 5.74) is 2.79. The van der Waals surface area contributed by atoms with E-state index in [4.69, 9.17) is 0 Å². The fourth-order valence-corrected chi connectivity index (χ4v) is 2.77. The lowest BCUT2D eigenvalue weighted by Gasteiger charge is -2.25. The Morgan fingerprint density at radius 2 is 2.13 bits per heavy atom. The lowest BCUT2D eigenvalue weighted by atomic mass is 10.1. The zero-order valence-electron chi connectivity index (χ0n) is 9.10. The number of likely N-dealkylation sites (N-methyl/N-ethyl adjacent to an activating group) is 1. The van der Waals surface area contributed by atoms with Crippen LogP contribution in [0.3, 0.4) is 0 Å². The molecule has 15 heavy (non-hydrogen) atoms. The summed E-state index contributed by atoms with van der Waals surface area (Å²) < 4.78 is 0. The molecule has 1 aliphatic rings. The SMILES string of the molecule is Cc1csc(C2C=CN=CN2C)c1C.Cl. The lowest BCUT2D eigenvalue weighted by Crippen LogP contribution is -2.23. The van der Waals surface area contributed by atoms with Gasteiger partial charge in [-0.2, -0.15) is 0 Å². The first kappa shape index (κ1) is 12.3. The van der Waals surface area contributed by atoms with E-state index in [0.29, 0.717) is 6.04 Å². The highest BCUT2D eigenvalue weighted by Gasteiger charge is 2.18. The molecule has 2 rings (SSSR count). The van der Waals surface area contributed by atoms with Crippen molar-refractivity contribution in [2.75, 3.05) is 7.05 Å². The predicted octanol–water partition coefficient (Wildman–Crippen LogP) is 3.32. The molecule has 0 saturated carbocycles. The highest BCUT2D eigenvalue weighted by atomic mass is 35.5. The molecule has 0 N–H and O–H groups in total. The Hall–Kier alpha value is -0.800. The molecule has 0 bridgehead atoms. The highest BCUT2D eigenvalue weighted by Crippen LogP contribution is 2.31. The average Bonchev–Trinajstić information content (AvgIpc) is 2.49. The third-order valence-corrected chi connectivity index (χ3v) is 3.91. The minimum atomic E-state index is 0. The van der Waals surface area contributed by atoms with Crippen molar-refractivity contribution in [2.24, 2.45) is 4.99 Å². The van der Waals surface area contributed by atoms with E-state index in [0.717, 1.165) is 0 Å². The molecule has 82 valence electrons. The van der Waals surface area contributed by atoms with Crippen molar-refractivity contribution >= 4 is 30.1 Å². The van der Waals surface area contributed by atoms with Crippen molar-refractivity contribution < 1.29 is 0 Å². The van der Waals surface area contributed by atoms with E-state index < -0.39 is 0 Å². The van der Waals surface area contributed by atoms with Gasteiger partial charge in [0.2, 0.25) is 0 Å². The number of rotatable bonds is 1. The van der Waals surface area contributed by atoms with Crippen LogP contribution in [0.5, 0.6) is 0 Å². The number of nitrogens with zero attached hydrogens (tertiary/aromatic N) is 2. The molecule has 1 aromatic heterocycles. The topological polar surface area (TPSA) is 15.6 Å². The van der Waals surface area contributed by atoms with Crippen LogP contribution in [0.25, 0.3) is 0 Å². The molecule has 2 nitrogen and oxygen atoms in total. The second-order valence-electron chi connectivity index (χ2n) is 3.62. The van der Waals surface area contributed by atoms with Gasteiger partial charge < -0.3 is 4.90 Å². The molecule has 1 atom stereocenters. The van der Waals surface area contributed by atoms with Gasteiger partial charge >= 0.3 is 0 Å². The lowest BCUT2D eigenvalue weighted by molar-refractivity contribution is 0.450. The van der Waals surface area contributed by atoms with Crippen LogP contribution in [0.15, 0.2) is 22.6 Å². The molecule has 0 saturated heterocycles. The van der Waals surface area contributed by atoms with Crippen molar-refractivity contribution in [1.29, 1.82) is 0 Å². The van der Waals surface area contributed by atoms with Gasteiger partial charge in [-0.1, -0.05) is 0 Å². The Labute approximate surface area is 101 Å². The first-order chi connectivity index (χ1) is 6.70. The molecular weight excluding hydrogens is 228 g/mol. The van der Waals surface area contributed by atoms with Crippen LogP contribution in [0, 0.1) is 13.8 Å². The van der Waals surface area contributed by atoms with Gasteiger partial charge in [-0.05, 0) is 36.4 Å². The summed E-state index contributed by atoms with van der Waals surface area (Å²) in [6.07, 6.45) is 5.89. The smallest absolute Gasteiger partial charge is 0.0910 e. The Morgan fingerprint density at radius 1 is 1.40 bits per heavy atom. The first-order valence-corrected chi connectivity index (χ1v) is 5.54. The van der Waals surface area contributed by atoms with E-state index >= 15 is 0 Å². The summed E-state index contributed by atoms with van der Waals surface area (Å²) in [6, 6.07) is 0.367. The molecule has 1 aromatic rings. The van der Waals surface area contributed by atoms with Gasteiger partial charge in [-0.15, -0.1) is 23.7 Å². The van der Waals surface area contributed by atoms with E-state index in [1.165, 1.54) is 16.0 Å². The molecule has 1 aliphatic heterocycles. The number of aryl methyl sites for hydroxylation is 1. The molecule has 0 spiro atoms. The third kappa shape index (κ3) is 2.24. The highest BCUT2D eigenvalue weighted by molar-refractivity contribution is 7.10. The fraction of sp³-hybridized carbons (Fsp3) is 0.364. The summed E-state index contributed by atoms with van der Waals surface area (Å²) in [7, 11) is 2.06. The molecular formula is C11H15ClN2S. The van der Waals surface area contributed by atoms with Crippen molar-refractivity contribution in [2.45, 2.75) is 19.9 Å². The van der Waals surface area contributed by atoms with Gasteiger partial charge in [-0.25, -0.2) is 4.99 Å². The monoisotopic (exact) mass is 242 g/mol. The second-order valence-corrected chi connectivity index (χ2v) is 4.54. The minimum Gasteiger partial charge on any atom is -0.354 e. The maximum Gasteiger partial charge on any atom is 0.0910 e. The third-order valence-electron chi connectivity index (χ3n) is 2.63. The molecule has 2 heterocycles. The van der Waals surface area contributed by atoms with E-state index in [2.05, 4.69) is 42.2 Å². The Morgan fingerprint density at radius 3 is 2.67 bits per heavy atom. The Bertz CT molecular complexity index is 395. The largest absolute Gasteiger partial charge is 0.354 e. The van der Waals surface area contributed by atoms with E-state index in [-0.39, 0.29) is 12.4 Å². The van der Waals surface area contributed by atoms with Crippen molar-refractivity contribution in [3.05, 3.63) is 33.7 Å². The van der Waals surface area contributed by atoms with Gasteiger partial charge in [-0.3, -0.25) is 0 Å². The zero-order valence-corrected chi connectivity index (χ0v) is 10.7. The number of hydrogen-bond donors (Lipinski definition) is 0. The van der Waals surface area contributed by atoms with Gasteiger partial charge in [0.1, 0.15) is 0 Å². The summed E-state index contributed by atoms with van der Waals surface area (Å²) in [6.45, 7) is 4.35. The van der Waals surface area contributed by atoms with Crippen LogP contribution >= 0.6 is 23.7 Å². The fourth-order valence-electron chi connectivity index (χ4n) is 1.57. The standard InChI is InChI=1S/C11H14N2S.ClH/c1-8-6-14-11(9(8)2)10-4-5-12-7-13(10)3;/h4-7,10H,1-3H3;1H. The molecule has 0 aliphatic carbocycles. The van der Waals surface area contributed by atoms with Crippen LogP contribution in [0.4, 0.5) is 0 Å². The van der Waals surface area contributed by atoms with Crippen LogP contribution in [0.1, 0.15) is 22.0 Å². The average molecular weight is 243 g/mol. The summed E-state index contributed by atoms with van der Waals surface area (Å²) in [5.74, 6) is 0. The minimum absolute atomic E-state index is 0. The number of aliphatic imine (C=N–C) groups is 1. The molecule has 0 amide bonds. The van der Waals surface area contributed by atoms with Crippen molar-refractivity contribution in [3.8, 4) is 0 Å². The summed E-state index contributed by atoms with van der Waals surface area (Å²) in [5, 5.41) is 2.22. The number of halogens is 1. The normalized spacial score (nSPS) is 19.1. The Balaban J connectivity index is 0.00000112. The summed E-state index contributed by atoms with van der Waals surface area (Å²) in [4.78, 5) is 7.66. The van der Waals surface area contributed by atoms with Gasteiger partial charge in [0, 0.05) is 18.1 Å². The maximum absolute atomic E-state index is 4.10. The quantitative estimate of drug-likeness (QED) is 0.738. The van der Waals surface area contributed by atoms with E-state index in [1.54, 1.807) is 0 Å².